The number of amides is 2. The molecule has 0 unspecified atom stereocenters. The fourth-order valence-corrected chi connectivity index (χ4v) is 4.90. The number of rotatable bonds is 7. The summed E-state index contributed by atoms with van der Waals surface area (Å²) in [5, 5.41) is 6.34. The second-order valence-electron chi connectivity index (χ2n) is 9.02. The van der Waals surface area contributed by atoms with Gasteiger partial charge in [0.15, 0.2) is 0 Å². The maximum absolute atomic E-state index is 12.9. The number of anilines is 1. The molecule has 0 spiro atoms. The largest absolute Gasteiger partial charge is 0.496 e. The highest BCUT2D eigenvalue weighted by atomic mass is 35.5. The van der Waals surface area contributed by atoms with Crippen molar-refractivity contribution in [2.45, 2.75) is 57.4 Å². The van der Waals surface area contributed by atoms with Crippen molar-refractivity contribution < 1.29 is 14.3 Å². The van der Waals surface area contributed by atoms with E-state index in [-0.39, 0.29) is 23.8 Å². The van der Waals surface area contributed by atoms with E-state index in [0.29, 0.717) is 22.0 Å². The van der Waals surface area contributed by atoms with Crippen molar-refractivity contribution in [3.05, 3.63) is 22.7 Å². The molecule has 30 heavy (non-hydrogen) atoms. The number of hydrogen-bond acceptors (Lipinski definition) is 4. The van der Waals surface area contributed by atoms with E-state index in [2.05, 4.69) is 15.5 Å². The summed E-state index contributed by atoms with van der Waals surface area (Å²) in [6.45, 7) is 3.08. The molecule has 0 radical (unpaired) electrons. The van der Waals surface area contributed by atoms with E-state index in [1.807, 2.05) is 0 Å². The average molecular weight is 434 g/mol. The minimum Gasteiger partial charge on any atom is -0.496 e. The highest BCUT2D eigenvalue weighted by molar-refractivity contribution is 6.34. The van der Waals surface area contributed by atoms with Crippen LogP contribution in [0.15, 0.2) is 12.1 Å². The molecule has 0 bridgehead atoms. The molecule has 1 aliphatic heterocycles. The summed E-state index contributed by atoms with van der Waals surface area (Å²) in [7, 11) is 1.52. The number of ether oxygens (including phenoxy) is 1. The predicted molar refractivity (Wildman–Crippen MR) is 118 cm³/mol. The van der Waals surface area contributed by atoms with Gasteiger partial charge >= 0.3 is 0 Å². The van der Waals surface area contributed by atoms with Crippen molar-refractivity contribution in [3.8, 4) is 5.75 Å². The van der Waals surface area contributed by atoms with Gasteiger partial charge in [-0.05, 0) is 44.1 Å². The zero-order valence-corrected chi connectivity index (χ0v) is 18.5. The van der Waals surface area contributed by atoms with Gasteiger partial charge in [-0.2, -0.15) is 0 Å². The SMILES string of the molecule is COc1cc(NC(=O)C2CC2)c(Cl)cc1C(=O)N[C@H]1CCN(CC2CCCCC2)C1. The maximum atomic E-state index is 12.9. The fourth-order valence-electron chi connectivity index (χ4n) is 4.69. The lowest BCUT2D eigenvalue weighted by atomic mass is 9.89. The number of carbonyl (C=O) groups excluding carboxylic acids is 2. The molecule has 1 heterocycles. The van der Waals surface area contributed by atoms with Crippen LogP contribution in [0.1, 0.15) is 61.7 Å². The van der Waals surface area contributed by atoms with Crippen LogP contribution in [0.25, 0.3) is 0 Å². The van der Waals surface area contributed by atoms with E-state index in [4.69, 9.17) is 16.3 Å². The second kappa shape index (κ2) is 9.56. The summed E-state index contributed by atoms with van der Waals surface area (Å²) >= 11 is 6.36. The lowest BCUT2D eigenvalue weighted by Gasteiger charge is -2.26. The molecule has 2 aliphatic carbocycles. The Morgan fingerprint density at radius 2 is 1.90 bits per heavy atom. The number of nitrogens with one attached hydrogen (secondary N) is 2. The average Bonchev–Trinajstić information content (AvgIpc) is 3.51. The van der Waals surface area contributed by atoms with Crippen LogP contribution in [0.3, 0.4) is 0 Å². The molecule has 2 saturated carbocycles. The van der Waals surface area contributed by atoms with Gasteiger partial charge in [0.05, 0.1) is 23.4 Å². The van der Waals surface area contributed by atoms with Crippen molar-refractivity contribution >= 4 is 29.1 Å². The summed E-state index contributed by atoms with van der Waals surface area (Å²) in [5.74, 6) is 1.10. The minimum absolute atomic E-state index is 0.0276. The minimum atomic E-state index is -0.182. The van der Waals surface area contributed by atoms with Gasteiger partial charge in [0.1, 0.15) is 5.75 Å². The quantitative estimate of drug-likeness (QED) is 0.679. The summed E-state index contributed by atoms with van der Waals surface area (Å²) < 4.78 is 5.42. The van der Waals surface area contributed by atoms with Gasteiger partial charge in [0, 0.05) is 37.7 Å². The van der Waals surface area contributed by atoms with Crippen LogP contribution in [0.5, 0.6) is 5.75 Å². The van der Waals surface area contributed by atoms with Gasteiger partial charge in [0.2, 0.25) is 5.91 Å². The molecular weight excluding hydrogens is 402 g/mol. The number of carbonyl (C=O) groups is 2. The van der Waals surface area contributed by atoms with Crippen LogP contribution < -0.4 is 15.4 Å². The smallest absolute Gasteiger partial charge is 0.255 e. The van der Waals surface area contributed by atoms with Gasteiger partial charge < -0.3 is 20.3 Å². The molecule has 164 valence electrons. The molecule has 3 aliphatic rings. The Morgan fingerprint density at radius 1 is 1.13 bits per heavy atom. The van der Waals surface area contributed by atoms with Gasteiger partial charge in [-0.1, -0.05) is 30.9 Å². The molecule has 1 atom stereocenters. The van der Waals surface area contributed by atoms with Crippen LogP contribution in [-0.2, 0) is 4.79 Å². The topological polar surface area (TPSA) is 70.7 Å². The standard InChI is InChI=1S/C23H32ClN3O3/c1-30-21-12-20(26-22(28)16-7-8-16)19(24)11-18(21)23(29)25-17-9-10-27(14-17)13-15-5-3-2-4-6-15/h11-12,15-17H,2-10,13-14H2,1H3,(H,25,29)(H,26,28)/t17-/m0/s1. The van der Waals surface area contributed by atoms with Crippen molar-refractivity contribution in [2.24, 2.45) is 11.8 Å². The lowest BCUT2D eigenvalue weighted by Crippen LogP contribution is -2.38. The number of halogens is 1. The third kappa shape index (κ3) is 5.27. The molecule has 7 heteroatoms. The van der Waals surface area contributed by atoms with Crippen LogP contribution >= 0.6 is 11.6 Å². The van der Waals surface area contributed by atoms with Gasteiger partial charge in [-0.3, -0.25) is 9.59 Å². The third-order valence-corrected chi connectivity index (χ3v) is 6.90. The number of nitrogens with zero attached hydrogens (tertiary/aromatic N) is 1. The van der Waals surface area contributed by atoms with Crippen molar-refractivity contribution in [3.63, 3.8) is 0 Å². The molecular formula is C23H32ClN3O3. The molecule has 2 N–H and O–H groups in total. The van der Waals surface area contributed by atoms with Crippen LogP contribution in [0.2, 0.25) is 5.02 Å². The summed E-state index contributed by atoms with van der Waals surface area (Å²) in [4.78, 5) is 27.5. The maximum Gasteiger partial charge on any atom is 0.255 e. The van der Waals surface area contributed by atoms with Crippen LogP contribution in [-0.4, -0.2) is 49.5 Å². The normalized spacial score (nSPS) is 22.7. The van der Waals surface area contributed by atoms with E-state index >= 15 is 0 Å². The van der Waals surface area contributed by atoms with Crippen LogP contribution in [0, 0.1) is 11.8 Å². The third-order valence-electron chi connectivity index (χ3n) is 6.59. The Kier molecular flexibility index (Phi) is 6.84. The summed E-state index contributed by atoms with van der Waals surface area (Å²) in [6, 6.07) is 3.37. The fraction of sp³-hybridized carbons (Fsp3) is 0.652. The zero-order valence-electron chi connectivity index (χ0n) is 17.7. The molecule has 6 nitrogen and oxygen atoms in total. The van der Waals surface area contributed by atoms with E-state index in [9.17, 15) is 9.59 Å². The van der Waals surface area contributed by atoms with E-state index < -0.39 is 0 Å². The molecule has 1 aromatic rings. The first-order chi connectivity index (χ1) is 14.5. The van der Waals surface area contributed by atoms with E-state index in [0.717, 1.165) is 44.8 Å². The van der Waals surface area contributed by atoms with E-state index in [1.165, 1.54) is 39.2 Å². The Hall–Kier alpha value is -1.79. The van der Waals surface area contributed by atoms with E-state index in [1.54, 1.807) is 12.1 Å². The molecule has 2 amide bonds. The number of hydrogen-bond donors (Lipinski definition) is 2. The number of methoxy groups -OCH3 is 1. The molecule has 0 aromatic heterocycles. The van der Waals surface area contributed by atoms with Gasteiger partial charge in [0.25, 0.3) is 5.91 Å². The number of benzene rings is 1. The first-order valence-corrected chi connectivity index (χ1v) is 11.6. The first kappa shape index (κ1) is 21.4. The zero-order chi connectivity index (χ0) is 21.1. The molecule has 1 aromatic carbocycles. The highest BCUT2D eigenvalue weighted by Crippen LogP contribution is 2.35. The molecule has 4 rings (SSSR count). The van der Waals surface area contributed by atoms with Gasteiger partial charge in [-0.25, -0.2) is 0 Å². The Morgan fingerprint density at radius 3 is 2.60 bits per heavy atom. The molecule has 1 saturated heterocycles. The summed E-state index contributed by atoms with van der Waals surface area (Å²) in [6.07, 6.45) is 9.57. The summed E-state index contributed by atoms with van der Waals surface area (Å²) in [5.41, 5.74) is 0.888. The van der Waals surface area contributed by atoms with Gasteiger partial charge in [-0.15, -0.1) is 0 Å². The predicted octanol–water partition coefficient (Wildman–Crippen LogP) is 4.08. The lowest BCUT2D eigenvalue weighted by molar-refractivity contribution is -0.117. The second-order valence-corrected chi connectivity index (χ2v) is 9.43. The Balaban J connectivity index is 1.35. The Bertz CT molecular complexity index is 790. The molecule has 3 fully saturated rings. The van der Waals surface area contributed by atoms with Crippen molar-refractivity contribution in [1.29, 1.82) is 0 Å². The number of likely N-dealkylation sites (tertiary alicyclic amines) is 1. The highest BCUT2D eigenvalue weighted by Gasteiger charge is 2.31. The Labute approximate surface area is 183 Å². The monoisotopic (exact) mass is 433 g/mol. The van der Waals surface area contributed by atoms with Crippen LogP contribution in [0.4, 0.5) is 5.69 Å². The first-order valence-electron chi connectivity index (χ1n) is 11.2. The van der Waals surface area contributed by atoms with Crippen molar-refractivity contribution in [1.82, 2.24) is 10.2 Å². The van der Waals surface area contributed by atoms with Crippen molar-refractivity contribution in [2.75, 3.05) is 32.1 Å².